The first-order valence-electron chi connectivity index (χ1n) is 10.3. The molecule has 0 radical (unpaired) electrons. The van der Waals surface area contributed by atoms with Crippen LogP contribution in [0.15, 0.2) is 35.9 Å². The molecular weight excluding hydrogens is 408 g/mol. The highest BCUT2D eigenvalue weighted by Crippen LogP contribution is 2.49. The molecule has 1 aliphatic rings. The summed E-state index contributed by atoms with van der Waals surface area (Å²) >= 11 is 0. The molecule has 0 amide bonds. The number of rotatable bonds is 3. The van der Waals surface area contributed by atoms with Crippen LogP contribution in [0.4, 0.5) is 0 Å². The van der Waals surface area contributed by atoms with Gasteiger partial charge < -0.3 is 20.4 Å². The first-order chi connectivity index (χ1) is 15.0. The second-order valence-corrected chi connectivity index (χ2v) is 8.42. The highest BCUT2D eigenvalue weighted by Gasteiger charge is 2.34. The molecule has 0 aromatic heterocycles. The van der Waals surface area contributed by atoms with Crippen molar-refractivity contribution >= 4 is 28.4 Å². The van der Waals surface area contributed by atoms with Crippen LogP contribution in [0.2, 0.25) is 0 Å². The van der Waals surface area contributed by atoms with Crippen LogP contribution in [0.25, 0.3) is 28.0 Å². The van der Waals surface area contributed by atoms with Gasteiger partial charge in [0.15, 0.2) is 5.78 Å². The predicted octanol–water partition coefficient (Wildman–Crippen LogP) is 4.79. The number of phenols is 3. The lowest BCUT2D eigenvalue weighted by Crippen LogP contribution is -2.24. The molecule has 0 saturated heterocycles. The Bertz CT molecular complexity index is 1350. The summed E-state index contributed by atoms with van der Waals surface area (Å²) in [6.07, 6.45) is 0.529. The van der Waals surface area contributed by atoms with E-state index in [2.05, 4.69) is 0 Å². The van der Waals surface area contributed by atoms with Gasteiger partial charge in [-0.05, 0) is 56.3 Å². The van der Waals surface area contributed by atoms with Gasteiger partial charge in [0.25, 0.3) is 0 Å². The SMILES string of the molecule is CC(=O)c1c(C)cc2ccc(-c3ccc4c(c3O)[C@@H](O)[C@H](C(C)=O)C(C)=C4)c(O)c2c1O. The van der Waals surface area contributed by atoms with E-state index in [-0.39, 0.29) is 56.5 Å². The van der Waals surface area contributed by atoms with E-state index in [9.17, 15) is 30.0 Å². The fourth-order valence-corrected chi connectivity index (χ4v) is 4.83. The van der Waals surface area contributed by atoms with E-state index in [1.54, 1.807) is 50.3 Å². The standard InChI is InChI=1S/C26H24O6/c1-11-9-15-5-7-17(23(29)21(15)25(31)19(11)13(3)27)18-8-6-16-10-12(2)20(14(4)28)26(32)22(16)24(18)30/h5-10,19,25,29-32H,1-4H3/t19-,25-/m0/s1. The van der Waals surface area contributed by atoms with Crippen molar-refractivity contribution in [3.8, 4) is 28.4 Å². The lowest BCUT2D eigenvalue weighted by Gasteiger charge is -2.29. The maximum Gasteiger partial charge on any atom is 0.163 e. The Morgan fingerprint density at radius 3 is 2.12 bits per heavy atom. The topological polar surface area (TPSA) is 115 Å². The second kappa shape index (κ2) is 7.50. The van der Waals surface area contributed by atoms with Crippen LogP contribution in [0.3, 0.4) is 0 Å². The number of aliphatic hydroxyl groups is 1. The van der Waals surface area contributed by atoms with Gasteiger partial charge in [0.1, 0.15) is 23.0 Å². The van der Waals surface area contributed by atoms with E-state index in [0.717, 1.165) is 0 Å². The van der Waals surface area contributed by atoms with Crippen LogP contribution in [-0.4, -0.2) is 32.0 Å². The zero-order valence-corrected chi connectivity index (χ0v) is 18.2. The molecule has 0 heterocycles. The van der Waals surface area contributed by atoms with Gasteiger partial charge in [-0.3, -0.25) is 9.59 Å². The van der Waals surface area contributed by atoms with Crippen LogP contribution in [0.1, 0.15) is 53.9 Å². The molecule has 4 N–H and O–H groups in total. The lowest BCUT2D eigenvalue weighted by atomic mass is 9.78. The van der Waals surface area contributed by atoms with Crippen molar-refractivity contribution in [2.75, 3.05) is 0 Å². The number of aromatic hydroxyl groups is 3. The lowest BCUT2D eigenvalue weighted by molar-refractivity contribution is -0.122. The van der Waals surface area contributed by atoms with E-state index >= 15 is 0 Å². The molecule has 164 valence electrons. The molecule has 0 fully saturated rings. The maximum atomic E-state index is 12.1. The summed E-state index contributed by atoms with van der Waals surface area (Å²) in [5.74, 6) is -2.18. The van der Waals surface area contributed by atoms with Crippen molar-refractivity contribution < 1.29 is 30.0 Å². The highest BCUT2D eigenvalue weighted by atomic mass is 16.3. The molecule has 0 unspecified atom stereocenters. The third kappa shape index (κ3) is 3.07. The summed E-state index contributed by atoms with van der Waals surface area (Å²) in [5, 5.41) is 44.4. The van der Waals surface area contributed by atoms with Gasteiger partial charge in [-0.2, -0.15) is 0 Å². The van der Waals surface area contributed by atoms with E-state index in [4.69, 9.17) is 0 Å². The summed E-state index contributed by atoms with van der Waals surface area (Å²) in [6, 6.07) is 8.30. The molecular formula is C26H24O6. The number of benzene rings is 3. The first-order valence-corrected chi connectivity index (χ1v) is 10.3. The molecule has 6 heteroatoms. The minimum atomic E-state index is -1.23. The molecule has 3 aromatic rings. The van der Waals surface area contributed by atoms with Gasteiger partial charge in [-0.25, -0.2) is 0 Å². The van der Waals surface area contributed by atoms with Crippen molar-refractivity contribution in [3.05, 3.63) is 58.2 Å². The number of aliphatic hydroxyl groups excluding tert-OH is 1. The average Bonchev–Trinajstić information content (AvgIpc) is 2.67. The molecule has 32 heavy (non-hydrogen) atoms. The quantitative estimate of drug-likeness (QED) is 0.443. The molecule has 0 spiro atoms. The molecule has 4 rings (SSSR count). The Balaban J connectivity index is 1.98. The fourth-order valence-electron chi connectivity index (χ4n) is 4.83. The van der Waals surface area contributed by atoms with Crippen LogP contribution in [0.5, 0.6) is 17.2 Å². The number of hydrogen-bond donors (Lipinski definition) is 4. The van der Waals surface area contributed by atoms with E-state index in [1.807, 2.05) is 0 Å². The van der Waals surface area contributed by atoms with Crippen LogP contribution in [-0.2, 0) is 4.79 Å². The molecule has 6 nitrogen and oxygen atoms in total. The zero-order chi connectivity index (χ0) is 23.5. The minimum absolute atomic E-state index is 0.105. The summed E-state index contributed by atoms with van der Waals surface area (Å²) in [6.45, 7) is 6.20. The highest BCUT2D eigenvalue weighted by molar-refractivity contribution is 6.08. The van der Waals surface area contributed by atoms with Crippen molar-refractivity contribution in [2.24, 2.45) is 5.92 Å². The van der Waals surface area contributed by atoms with Crippen molar-refractivity contribution in [1.29, 1.82) is 0 Å². The Morgan fingerprint density at radius 2 is 1.50 bits per heavy atom. The molecule has 1 aliphatic carbocycles. The van der Waals surface area contributed by atoms with E-state index in [1.165, 1.54) is 13.8 Å². The molecule has 3 aromatic carbocycles. The van der Waals surface area contributed by atoms with Gasteiger partial charge in [0, 0.05) is 16.7 Å². The average molecular weight is 432 g/mol. The Labute approximate surface area is 185 Å². The Hall–Kier alpha value is -3.64. The first kappa shape index (κ1) is 21.6. The smallest absolute Gasteiger partial charge is 0.163 e. The zero-order valence-electron chi connectivity index (χ0n) is 18.2. The van der Waals surface area contributed by atoms with Crippen molar-refractivity contribution in [3.63, 3.8) is 0 Å². The van der Waals surface area contributed by atoms with E-state index < -0.39 is 12.0 Å². The minimum Gasteiger partial charge on any atom is -0.507 e. The number of carbonyl (C=O) groups excluding carboxylic acids is 2. The summed E-state index contributed by atoms with van der Waals surface area (Å²) in [7, 11) is 0. The van der Waals surface area contributed by atoms with Crippen LogP contribution >= 0.6 is 0 Å². The van der Waals surface area contributed by atoms with Crippen LogP contribution < -0.4 is 0 Å². The number of phenolic OH excluding ortho intramolecular Hbond substituents is 3. The number of aryl methyl sites for hydroxylation is 1. The number of Topliss-reactive ketones (excluding diaryl/α,β-unsaturated/α-hetero) is 2. The van der Waals surface area contributed by atoms with Gasteiger partial charge >= 0.3 is 0 Å². The predicted molar refractivity (Wildman–Crippen MR) is 122 cm³/mol. The monoisotopic (exact) mass is 432 g/mol. The normalized spacial score (nSPS) is 17.7. The second-order valence-electron chi connectivity index (χ2n) is 8.42. The van der Waals surface area contributed by atoms with Gasteiger partial charge in [0.05, 0.1) is 23.0 Å². The number of hydrogen-bond acceptors (Lipinski definition) is 6. The molecule has 0 bridgehead atoms. The maximum absolute atomic E-state index is 12.1. The third-order valence-electron chi connectivity index (χ3n) is 6.27. The summed E-state index contributed by atoms with van der Waals surface area (Å²) in [4.78, 5) is 24.1. The largest absolute Gasteiger partial charge is 0.507 e. The Morgan fingerprint density at radius 1 is 0.875 bits per heavy atom. The summed E-state index contributed by atoms with van der Waals surface area (Å²) < 4.78 is 0. The molecule has 0 saturated carbocycles. The third-order valence-corrected chi connectivity index (χ3v) is 6.27. The van der Waals surface area contributed by atoms with E-state index in [0.29, 0.717) is 22.1 Å². The van der Waals surface area contributed by atoms with Crippen LogP contribution in [0, 0.1) is 12.8 Å². The summed E-state index contributed by atoms with van der Waals surface area (Å²) in [5.41, 5.74) is 2.69. The van der Waals surface area contributed by atoms with Gasteiger partial charge in [-0.1, -0.05) is 29.8 Å². The number of ketones is 2. The van der Waals surface area contributed by atoms with Crippen molar-refractivity contribution in [2.45, 2.75) is 33.8 Å². The van der Waals surface area contributed by atoms with Gasteiger partial charge in [-0.15, -0.1) is 0 Å². The molecule has 2 atom stereocenters. The number of carbonyl (C=O) groups is 2. The number of fused-ring (bicyclic) bond motifs is 2. The van der Waals surface area contributed by atoms with Gasteiger partial charge in [0.2, 0.25) is 0 Å². The van der Waals surface area contributed by atoms with Crippen molar-refractivity contribution in [1.82, 2.24) is 0 Å². The fraction of sp³-hybridized carbons (Fsp3) is 0.231. The molecule has 0 aliphatic heterocycles. The Kier molecular flexibility index (Phi) is 5.06.